The average molecular weight is 220 g/mol. The summed E-state index contributed by atoms with van der Waals surface area (Å²) in [5.74, 6) is -2.45. The number of hydrogen-bond acceptors (Lipinski definition) is 2. The Labute approximate surface area is 95.1 Å². The van der Waals surface area contributed by atoms with E-state index in [4.69, 9.17) is 5.11 Å². The topological polar surface area (TPSA) is 54.4 Å². The zero-order chi connectivity index (χ0) is 12.1. The number of benzene rings is 1. The summed E-state index contributed by atoms with van der Waals surface area (Å²) in [5, 5.41) is 8.73. The number of rotatable bonds is 5. The monoisotopic (exact) mass is 220 g/mol. The van der Waals surface area contributed by atoms with E-state index >= 15 is 0 Å². The first-order chi connectivity index (χ1) is 7.52. The first-order valence-corrected chi connectivity index (χ1v) is 5.33. The van der Waals surface area contributed by atoms with Crippen molar-refractivity contribution in [1.29, 1.82) is 0 Å². The standard InChI is InChI=1S/C13H16O3/c1-9(2)11(12(14)13(15)16)8-10-6-4-3-5-7-10/h3-7,9,11H,8H2,1-2H3,(H,15,16). The minimum atomic E-state index is -1.34. The molecule has 1 atom stereocenters. The van der Waals surface area contributed by atoms with Crippen molar-refractivity contribution in [3.05, 3.63) is 35.9 Å². The lowest BCUT2D eigenvalue weighted by Gasteiger charge is -2.17. The van der Waals surface area contributed by atoms with Crippen LogP contribution >= 0.6 is 0 Å². The first kappa shape index (κ1) is 12.4. The number of aliphatic carboxylic acids is 1. The maximum atomic E-state index is 11.5. The second-order valence-corrected chi connectivity index (χ2v) is 4.21. The maximum absolute atomic E-state index is 11.5. The predicted octanol–water partition coefficient (Wildman–Crippen LogP) is 2.15. The molecule has 0 saturated carbocycles. The highest BCUT2D eigenvalue weighted by Crippen LogP contribution is 2.18. The van der Waals surface area contributed by atoms with Gasteiger partial charge in [0.25, 0.3) is 0 Å². The van der Waals surface area contributed by atoms with Crippen LogP contribution in [0.1, 0.15) is 19.4 Å². The van der Waals surface area contributed by atoms with Gasteiger partial charge in [-0.05, 0) is 17.9 Å². The van der Waals surface area contributed by atoms with Gasteiger partial charge in [-0.2, -0.15) is 0 Å². The summed E-state index contributed by atoms with van der Waals surface area (Å²) < 4.78 is 0. The van der Waals surface area contributed by atoms with E-state index < -0.39 is 17.7 Å². The molecule has 0 aliphatic heterocycles. The van der Waals surface area contributed by atoms with Gasteiger partial charge >= 0.3 is 5.97 Å². The van der Waals surface area contributed by atoms with Crippen LogP contribution < -0.4 is 0 Å². The fourth-order valence-corrected chi connectivity index (χ4v) is 1.66. The molecule has 0 bridgehead atoms. The molecule has 0 aliphatic rings. The molecule has 1 unspecified atom stereocenters. The summed E-state index contributed by atoms with van der Waals surface area (Å²) in [4.78, 5) is 22.2. The van der Waals surface area contributed by atoms with Gasteiger partial charge in [-0.15, -0.1) is 0 Å². The number of ketones is 1. The van der Waals surface area contributed by atoms with E-state index in [9.17, 15) is 9.59 Å². The van der Waals surface area contributed by atoms with Gasteiger partial charge in [-0.1, -0.05) is 44.2 Å². The van der Waals surface area contributed by atoms with E-state index in [0.29, 0.717) is 6.42 Å². The van der Waals surface area contributed by atoms with Gasteiger partial charge in [0.15, 0.2) is 0 Å². The van der Waals surface area contributed by atoms with Crippen LogP contribution in [-0.2, 0) is 16.0 Å². The van der Waals surface area contributed by atoms with Crippen LogP contribution in [-0.4, -0.2) is 16.9 Å². The van der Waals surface area contributed by atoms with Crippen LogP contribution in [0.5, 0.6) is 0 Å². The van der Waals surface area contributed by atoms with E-state index in [1.165, 1.54) is 0 Å². The molecule has 0 radical (unpaired) electrons. The average Bonchev–Trinajstić information content (AvgIpc) is 2.26. The SMILES string of the molecule is CC(C)C(Cc1ccccc1)C(=O)C(=O)O. The highest BCUT2D eigenvalue weighted by atomic mass is 16.4. The molecule has 0 saturated heterocycles. The Kier molecular flexibility index (Phi) is 4.23. The molecule has 86 valence electrons. The summed E-state index contributed by atoms with van der Waals surface area (Å²) in [6.45, 7) is 3.74. The highest BCUT2D eigenvalue weighted by Gasteiger charge is 2.27. The smallest absolute Gasteiger partial charge is 0.372 e. The molecular weight excluding hydrogens is 204 g/mol. The molecule has 16 heavy (non-hydrogen) atoms. The maximum Gasteiger partial charge on any atom is 0.372 e. The van der Waals surface area contributed by atoms with Crippen molar-refractivity contribution in [1.82, 2.24) is 0 Å². The lowest BCUT2D eigenvalue weighted by molar-refractivity contribution is -0.151. The third kappa shape index (κ3) is 3.19. The Hall–Kier alpha value is -1.64. The second-order valence-electron chi connectivity index (χ2n) is 4.21. The second kappa shape index (κ2) is 5.45. The summed E-state index contributed by atoms with van der Waals surface area (Å²) in [5.41, 5.74) is 0.996. The van der Waals surface area contributed by atoms with E-state index in [-0.39, 0.29) is 5.92 Å². The Morgan fingerprint density at radius 3 is 2.19 bits per heavy atom. The van der Waals surface area contributed by atoms with Gasteiger partial charge in [-0.25, -0.2) is 4.79 Å². The Balaban J connectivity index is 2.81. The van der Waals surface area contributed by atoms with Crippen LogP contribution in [0.15, 0.2) is 30.3 Å². The van der Waals surface area contributed by atoms with Crippen molar-refractivity contribution < 1.29 is 14.7 Å². The Morgan fingerprint density at radius 1 is 1.19 bits per heavy atom. The van der Waals surface area contributed by atoms with Crippen LogP contribution in [0.2, 0.25) is 0 Å². The lowest BCUT2D eigenvalue weighted by atomic mass is 9.86. The van der Waals surface area contributed by atoms with Gasteiger partial charge in [0, 0.05) is 5.92 Å². The molecule has 0 amide bonds. The zero-order valence-corrected chi connectivity index (χ0v) is 9.51. The molecule has 1 aromatic rings. The zero-order valence-electron chi connectivity index (χ0n) is 9.51. The number of carboxylic acids is 1. The van der Waals surface area contributed by atoms with Crippen molar-refractivity contribution in [3.63, 3.8) is 0 Å². The van der Waals surface area contributed by atoms with Crippen molar-refractivity contribution in [2.24, 2.45) is 11.8 Å². The van der Waals surface area contributed by atoms with Crippen molar-refractivity contribution in [3.8, 4) is 0 Å². The summed E-state index contributed by atoms with van der Waals surface area (Å²) >= 11 is 0. The van der Waals surface area contributed by atoms with Gasteiger partial charge < -0.3 is 5.11 Å². The molecule has 0 aromatic heterocycles. The first-order valence-electron chi connectivity index (χ1n) is 5.33. The summed E-state index contributed by atoms with van der Waals surface area (Å²) in [7, 11) is 0. The van der Waals surface area contributed by atoms with Gasteiger partial charge in [0.05, 0.1) is 0 Å². The number of hydrogen-bond donors (Lipinski definition) is 1. The number of Topliss-reactive ketones (excluding diaryl/α,β-unsaturated/α-hetero) is 1. The minimum absolute atomic E-state index is 0.0313. The molecule has 1 aromatic carbocycles. The highest BCUT2D eigenvalue weighted by molar-refractivity contribution is 6.33. The van der Waals surface area contributed by atoms with Crippen molar-refractivity contribution >= 4 is 11.8 Å². The molecule has 0 spiro atoms. The molecule has 0 aliphatic carbocycles. The van der Waals surface area contributed by atoms with E-state index in [1.807, 2.05) is 44.2 Å². The fraction of sp³-hybridized carbons (Fsp3) is 0.385. The molecular formula is C13H16O3. The van der Waals surface area contributed by atoms with Crippen molar-refractivity contribution in [2.45, 2.75) is 20.3 Å². The van der Waals surface area contributed by atoms with Crippen molar-refractivity contribution in [2.75, 3.05) is 0 Å². The Bertz CT molecular complexity index is 368. The predicted molar refractivity (Wildman–Crippen MR) is 61.1 cm³/mol. The molecule has 0 fully saturated rings. The molecule has 3 heteroatoms. The van der Waals surface area contributed by atoms with Crippen LogP contribution in [0, 0.1) is 11.8 Å². The number of carbonyl (C=O) groups is 2. The van der Waals surface area contributed by atoms with Crippen LogP contribution in [0.3, 0.4) is 0 Å². The third-order valence-corrected chi connectivity index (χ3v) is 2.65. The summed E-state index contributed by atoms with van der Waals surface area (Å²) in [6, 6.07) is 9.48. The number of carboxylic acid groups (broad SMARTS) is 1. The molecule has 0 heterocycles. The molecule has 1 N–H and O–H groups in total. The fourth-order valence-electron chi connectivity index (χ4n) is 1.66. The van der Waals surface area contributed by atoms with Gasteiger partial charge in [0.2, 0.25) is 5.78 Å². The summed E-state index contributed by atoms with van der Waals surface area (Å²) in [6.07, 6.45) is 0.490. The van der Waals surface area contributed by atoms with Crippen LogP contribution in [0.25, 0.3) is 0 Å². The molecule has 1 rings (SSSR count). The largest absolute Gasteiger partial charge is 0.475 e. The van der Waals surface area contributed by atoms with Gasteiger partial charge in [0.1, 0.15) is 0 Å². The Morgan fingerprint density at radius 2 is 1.75 bits per heavy atom. The lowest BCUT2D eigenvalue weighted by Crippen LogP contribution is -2.29. The van der Waals surface area contributed by atoms with Gasteiger partial charge in [-0.3, -0.25) is 4.79 Å². The number of carbonyl (C=O) groups excluding carboxylic acids is 1. The third-order valence-electron chi connectivity index (χ3n) is 2.65. The molecule has 3 nitrogen and oxygen atoms in total. The van der Waals surface area contributed by atoms with E-state index in [0.717, 1.165) is 5.56 Å². The quantitative estimate of drug-likeness (QED) is 0.773. The minimum Gasteiger partial charge on any atom is -0.475 e. The normalized spacial score (nSPS) is 12.4. The van der Waals surface area contributed by atoms with E-state index in [2.05, 4.69) is 0 Å². The van der Waals surface area contributed by atoms with E-state index in [1.54, 1.807) is 0 Å². The van der Waals surface area contributed by atoms with Crippen LogP contribution in [0.4, 0.5) is 0 Å².